The molecule has 1 aliphatic heterocycles. The topological polar surface area (TPSA) is 47.9 Å². The molecular weight excluding hydrogens is 288 g/mol. The SMILES string of the molecule is CN=C(NCC1(C(=O)N(C)C)CCCC1)N1CC(C)CC(C)C1. The van der Waals surface area contributed by atoms with E-state index in [-0.39, 0.29) is 11.3 Å². The van der Waals surface area contributed by atoms with Crippen LogP contribution in [0.5, 0.6) is 0 Å². The van der Waals surface area contributed by atoms with Crippen LogP contribution in [-0.2, 0) is 4.79 Å². The molecule has 1 N–H and O–H groups in total. The summed E-state index contributed by atoms with van der Waals surface area (Å²) in [5.74, 6) is 2.61. The van der Waals surface area contributed by atoms with Crippen LogP contribution in [0, 0.1) is 17.3 Å². The van der Waals surface area contributed by atoms with E-state index in [4.69, 9.17) is 0 Å². The molecule has 1 saturated heterocycles. The summed E-state index contributed by atoms with van der Waals surface area (Å²) in [5.41, 5.74) is -0.244. The first-order valence-electron chi connectivity index (χ1n) is 9.05. The maximum absolute atomic E-state index is 12.7. The Morgan fingerprint density at radius 2 is 1.78 bits per heavy atom. The van der Waals surface area contributed by atoms with E-state index < -0.39 is 0 Å². The first-order chi connectivity index (χ1) is 10.9. The van der Waals surface area contributed by atoms with E-state index >= 15 is 0 Å². The summed E-state index contributed by atoms with van der Waals surface area (Å²) in [6, 6.07) is 0. The van der Waals surface area contributed by atoms with Gasteiger partial charge in [0.1, 0.15) is 0 Å². The highest BCUT2D eigenvalue weighted by atomic mass is 16.2. The lowest BCUT2D eigenvalue weighted by Gasteiger charge is -2.38. The van der Waals surface area contributed by atoms with Gasteiger partial charge in [-0.05, 0) is 31.1 Å². The van der Waals surface area contributed by atoms with Crippen molar-refractivity contribution in [3.8, 4) is 0 Å². The summed E-state index contributed by atoms with van der Waals surface area (Å²) in [6.45, 7) is 7.43. The van der Waals surface area contributed by atoms with Crippen molar-refractivity contribution in [2.75, 3.05) is 40.8 Å². The van der Waals surface area contributed by atoms with Gasteiger partial charge in [-0.3, -0.25) is 9.79 Å². The van der Waals surface area contributed by atoms with Gasteiger partial charge < -0.3 is 15.1 Å². The monoisotopic (exact) mass is 322 g/mol. The average molecular weight is 322 g/mol. The Labute approximate surface area is 141 Å². The highest BCUT2D eigenvalue weighted by Crippen LogP contribution is 2.39. The Kier molecular flexibility index (Phi) is 5.93. The van der Waals surface area contributed by atoms with Crippen LogP contribution in [0.15, 0.2) is 4.99 Å². The second-order valence-corrected chi connectivity index (χ2v) is 7.94. The third-order valence-corrected chi connectivity index (χ3v) is 5.39. The molecule has 0 aromatic heterocycles. The number of hydrogen-bond donors (Lipinski definition) is 1. The molecule has 0 aromatic rings. The maximum Gasteiger partial charge on any atom is 0.230 e. The fourth-order valence-corrected chi connectivity index (χ4v) is 4.41. The van der Waals surface area contributed by atoms with Crippen molar-refractivity contribution in [1.82, 2.24) is 15.1 Å². The van der Waals surface area contributed by atoms with E-state index in [0.29, 0.717) is 18.4 Å². The van der Waals surface area contributed by atoms with Crippen LogP contribution >= 0.6 is 0 Å². The number of carbonyl (C=O) groups is 1. The second-order valence-electron chi connectivity index (χ2n) is 7.94. The highest BCUT2D eigenvalue weighted by molar-refractivity contribution is 5.85. The van der Waals surface area contributed by atoms with Crippen molar-refractivity contribution in [3.05, 3.63) is 0 Å². The molecule has 23 heavy (non-hydrogen) atoms. The molecule has 2 unspecified atom stereocenters. The molecule has 0 bridgehead atoms. The lowest BCUT2D eigenvalue weighted by Crippen LogP contribution is -2.52. The smallest absolute Gasteiger partial charge is 0.230 e. The number of nitrogens with zero attached hydrogens (tertiary/aromatic N) is 3. The molecule has 5 heteroatoms. The van der Waals surface area contributed by atoms with Crippen molar-refractivity contribution in [2.45, 2.75) is 46.0 Å². The molecule has 1 amide bonds. The lowest BCUT2D eigenvalue weighted by atomic mass is 9.84. The summed E-state index contributed by atoms with van der Waals surface area (Å²) in [4.78, 5) is 21.3. The zero-order valence-corrected chi connectivity index (χ0v) is 15.6. The Hall–Kier alpha value is -1.26. The van der Waals surface area contributed by atoms with Crippen LogP contribution in [0.2, 0.25) is 0 Å². The van der Waals surface area contributed by atoms with Gasteiger partial charge >= 0.3 is 0 Å². The molecular formula is C18H34N4O. The summed E-state index contributed by atoms with van der Waals surface area (Å²) < 4.78 is 0. The fourth-order valence-electron chi connectivity index (χ4n) is 4.41. The van der Waals surface area contributed by atoms with Crippen LogP contribution in [-0.4, -0.2) is 62.4 Å². The third kappa shape index (κ3) is 4.18. The van der Waals surface area contributed by atoms with E-state index in [2.05, 4.69) is 29.1 Å². The van der Waals surface area contributed by atoms with E-state index in [1.54, 1.807) is 4.90 Å². The minimum atomic E-state index is -0.244. The minimum absolute atomic E-state index is 0.244. The van der Waals surface area contributed by atoms with Crippen LogP contribution in [0.4, 0.5) is 0 Å². The van der Waals surface area contributed by atoms with Crippen molar-refractivity contribution in [3.63, 3.8) is 0 Å². The predicted octanol–water partition coefficient (Wildman–Crippen LogP) is 2.19. The molecule has 1 aliphatic carbocycles. The molecule has 0 radical (unpaired) electrons. The number of hydrogen-bond acceptors (Lipinski definition) is 2. The number of amides is 1. The lowest BCUT2D eigenvalue weighted by molar-refractivity contribution is -0.138. The first-order valence-corrected chi connectivity index (χ1v) is 9.05. The molecule has 2 atom stereocenters. The molecule has 2 aliphatic rings. The minimum Gasteiger partial charge on any atom is -0.355 e. The third-order valence-electron chi connectivity index (χ3n) is 5.39. The van der Waals surface area contributed by atoms with E-state index in [0.717, 1.165) is 44.7 Å². The zero-order chi connectivity index (χ0) is 17.0. The molecule has 2 fully saturated rings. The summed E-state index contributed by atoms with van der Waals surface area (Å²) >= 11 is 0. The van der Waals surface area contributed by atoms with Gasteiger partial charge in [-0.15, -0.1) is 0 Å². The Bertz CT molecular complexity index is 430. The van der Waals surface area contributed by atoms with Gasteiger partial charge in [-0.2, -0.15) is 0 Å². The zero-order valence-electron chi connectivity index (χ0n) is 15.6. The van der Waals surface area contributed by atoms with Crippen molar-refractivity contribution in [2.24, 2.45) is 22.2 Å². The number of likely N-dealkylation sites (tertiary alicyclic amines) is 1. The van der Waals surface area contributed by atoms with Crippen LogP contribution in [0.3, 0.4) is 0 Å². The van der Waals surface area contributed by atoms with E-state index in [9.17, 15) is 4.79 Å². The average Bonchev–Trinajstić information content (AvgIpc) is 2.96. The van der Waals surface area contributed by atoms with Gasteiger partial charge in [0, 0.05) is 40.8 Å². The molecule has 1 heterocycles. The fraction of sp³-hybridized carbons (Fsp3) is 0.889. The van der Waals surface area contributed by atoms with Gasteiger partial charge in [0.15, 0.2) is 5.96 Å². The number of aliphatic imine (C=N–C) groups is 1. The van der Waals surface area contributed by atoms with Crippen molar-refractivity contribution < 1.29 is 4.79 Å². The Morgan fingerprint density at radius 1 is 1.22 bits per heavy atom. The molecule has 2 rings (SSSR count). The van der Waals surface area contributed by atoms with Gasteiger partial charge in [-0.1, -0.05) is 26.7 Å². The van der Waals surface area contributed by atoms with Crippen LogP contribution in [0.1, 0.15) is 46.0 Å². The summed E-state index contributed by atoms with van der Waals surface area (Å²) in [7, 11) is 5.58. The molecule has 5 nitrogen and oxygen atoms in total. The van der Waals surface area contributed by atoms with Crippen molar-refractivity contribution >= 4 is 11.9 Å². The van der Waals surface area contributed by atoms with Gasteiger partial charge in [0.25, 0.3) is 0 Å². The standard InChI is InChI=1S/C18H34N4O/c1-14-10-15(2)12-22(11-14)17(19-3)20-13-18(8-6-7-9-18)16(23)21(4)5/h14-15H,6-13H2,1-5H3,(H,19,20). The summed E-state index contributed by atoms with van der Waals surface area (Å²) in [5, 5.41) is 3.53. The molecule has 132 valence electrons. The van der Waals surface area contributed by atoms with Gasteiger partial charge in [-0.25, -0.2) is 0 Å². The Balaban J connectivity index is 2.02. The number of carbonyl (C=O) groups excluding carboxylic acids is 1. The molecule has 1 saturated carbocycles. The van der Waals surface area contributed by atoms with Crippen molar-refractivity contribution in [1.29, 1.82) is 0 Å². The number of piperidine rings is 1. The van der Waals surface area contributed by atoms with Gasteiger partial charge in [0.05, 0.1) is 5.41 Å². The second kappa shape index (κ2) is 7.54. The molecule has 0 spiro atoms. The van der Waals surface area contributed by atoms with Gasteiger partial charge in [0.2, 0.25) is 5.91 Å². The van der Waals surface area contributed by atoms with E-state index in [1.165, 1.54) is 6.42 Å². The first kappa shape index (κ1) is 18.1. The number of guanidine groups is 1. The van der Waals surface area contributed by atoms with Crippen LogP contribution < -0.4 is 5.32 Å². The highest BCUT2D eigenvalue weighted by Gasteiger charge is 2.42. The molecule has 0 aromatic carbocycles. The van der Waals surface area contributed by atoms with Crippen LogP contribution in [0.25, 0.3) is 0 Å². The normalized spacial score (nSPS) is 27.9. The quantitative estimate of drug-likeness (QED) is 0.640. The van der Waals surface area contributed by atoms with E-state index in [1.807, 2.05) is 21.1 Å². The number of nitrogens with one attached hydrogen (secondary N) is 1. The predicted molar refractivity (Wildman–Crippen MR) is 95.5 cm³/mol. The number of rotatable bonds is 3. The Morgan fingerprint density at radius 3 is 2.26 bits per heavy atom. The summed E-state index contributed by atoms with van der Waals surface area (Å²) in [6.07, 6.45) is 5.56. The largest absolute Gasteiger partial charge is 0.355 e. The maximum atomic E-state index is 12.7.